The number of amides is 3. The van der Waals surface area contributed by atoms with Crippen molar-refractivity contribution in [3.05, 3.63) is 54.1 Å². The summed E-state index contributed by atoms with van der Waals surface area (Å²) in [7, 11) is 1.55. The number of rotatable bonds is 2. The van der Waals surface area contributed by atoms with Crippen LogP contribution < -0.4 is 19.9 Å². The fourth-order valence-electron chi connectivity index (χ4n) is 6.42. The molecule has 0 aliphatic carbocycles. The van der Waals surface area contributed by atoms with Gasteiger partial charge in [0.15, 0.2) is 0 Å². The molecule has 3 fully saturated rings. The van der Waals surface area contributed by atoms with Gasteiger partial charge in [0.2, 0.25) is 17.4 Å². The fraction of sp³-hybridized carbons (Fsp3) is 0.348. The topological polar surface area (TPSA) is 80.1 Å². The summed E-state index contributed by atoms with van der Waals surface area (Å²) >= 11 is 0. The summed E-state index contributed by atoms with van der Waals surface area (Å²) in [5.41, 5.74) is 1.06. The Morgan fingerprint density at radius 3 is 2.77 bits per heavy atom. The smallest absolute Gasteiger partial charge is 0.291 e. The predicted molar refractivity (Wildman–Crippen MR) is 108 cm³/mol. The number of methoxy groups -OCH3 is 1. The maximum atomic E-state index is 13.8. The maximum Gasteiger partial charge on any atom is 0.291 e. The van der Waals surface area contributed by atoms with Gasteiger partial charge < -0.3 is 15.0 Å². The van der Waals surface area contributed by atoms with Crippen LogP contribution in [0.25, 0.3) is 0 Å². The third-order valence-corrected chi connectivity index (χ3v) is 7.44. The van der Waals surface area contributed by atoms with Gasteiger partial charge in [-0.15, -0.1) is 0 Å². The molecule has 3 amide bonds. The number of imide groups is 1. The van der Waals surface area contributed by atoms with Gasteiger partial charge in [-0.3, -0.25) is 14.4 Å². The number of carbonyl (C=O) groups is 3. The Balaban J connectivity index is 1.54. The number of anilines is 2. The van der Waals surface area contributed by atoms with Crippen molar-refractivity contribution in [2.45, 2.75) is 24.4 Å². The molecule has 4 aliphatic heterocycles. The lowest BCUT2D eigenvalue weighted by atomic mass is 9.75. The fourth-order valence-corrected chi connectivity index (χ4v) is 6.42. The van der Waals surface area contributed by atoms with Crippen molar-refractivity contribution in [1.29, 1.82) is 0 Å². The van der Waals surface area contributed by atoms with Crippen LogP contribution in [0.3, 0.4) is 0 Å². The van der Waals surface area contributed by atoms with Crippen LogP contribution in [0.1, 0.15) is 18.4 Å². The SMILES string of the molecule is COc1cccc(N2C(=O)[C@@H]3[C@@H](C2=O)[C@]2(C(=O)Nc4ccccc42)[NH+]2CCC[C@@H]32)c1. The van der Waals surface area contributed by atoms with Crippen molar-refractivity contribution in [3.63, 3.8) is 0 Å². The van der Waals surface area contributed by atoms with Crippen LogP contribution in [0.15, 0.2) is 48.5 Å². The van der Waals surface area contributed by atoms with Gasteiger partial charge in [-0.25, -0.2) is 4.90 Å². The van der Waals surface area contributed by atoms with Gasteiger partial charge in [0, 0.05) is 24.5 Å². The van der Waals surface area contributed by atoms with Crippen molar-refractivity contribution in [2.24, 2.45) is 11.8 Å². The monoisotopic (exact) mass is 404 g/mol. The van der Waals surface area contributed by atoms with Crippen molar-refractivity contribution in [2.75, 3.05) is 23.9 Å². The van der Waals surface area contributed by atoms with E-state index in [4.69, 9.17) is 4.74 Å². The molecule has 152 valence electrons. The molecular formula is C23H22N3O4+. The molecule has 2 aromatic carbocycles. The lowest BCUT2D eigenvalue weighted by molar-refractivity contribution is -0.948. The van der Waals surface area contributed by atoms with Gasteiger partial charge in [0.25, 0.3) is 5.91 Å². The van der Waals surface area contributed by atoms with E-state index in [0.717, 1.165) is 35.5 Å². The van der Waals surface area contributed by atoms with Gasteiger partial charge in [-0.2, -0.15) is 0 Å². The Morgan fingerprint density at radius 1 is 1.10 bits per heavy atom. The number of carbonyl (C=O) groups excluding carboxylic acids is 3. The minimum absolute atomic E-state index is 0.0287. The molecular weight excluding hydrogens is 382 g/mol. The molecule has 0 radical (unpaired) electrons. The van der Waals surface area contributed by atoms with E-state index in [1.807, 2.05) is 24.3 Å². The van der Waals surface area contributed by atoms with Gasteiger partial charge in [0.05, 0.1) is 25.0 Å². The van der Waals surface area contributed by atoms with Gasteiger partial charge in [0.1, 0.15) is 23.6 Å². The normalized spacial score (nSPS) is 33.6. The highest BCUT2D eigenvalue weighted by Crippen LogP contribution is 2.52. The number of benzene rings is 2. The maximum absolute atomic E-state index is 13.8. The van der Waals surface area contributed by atoms with Crippen molar-refractivity contribution < 1.29 is 24.0 Å². The lowest BCUT2D eigenvalue weighted by Crippen LogP contribution is -3.19. The van der Waals surface area contributed by atoms with Crippen LogP contribution in [0.2, 0.25) is 0 Å². The molecule has 30 heavy (non-hydrogen) atoms. The van der Waals surface area contributed by atoms with E-state index in [0.29, 0.717) is 11.4 Å². The van der Waals surface area contributed by atoms with Crippen molar-refractivity contribution in [3.8, 4) is 5.75 Å². The number of nitrogens with zero attached hydrogens (tertiary/aromatic N) is 1. The number of ether oxygens (including phenoxy) is 1. The van der Waals surface area contributed by atoms with Crippen LogP contribution >= 0.6 is 0 Å². The Morgan fingerprint density at radius 2 is 1.93 bits per heavy atom. The molecule has 6 rings (SSSR count). The lowest BCUT2D eigenvalue weighted by Gasteiger charge is -2.33. The van der Waals surface area contributed by atoms with Crippen molar-refractivity contribution >= 4 is 29.1 Å². The Bertz CT molecular complexity index is 1120. The van der Waals surface area contributed by atoms with E-state index in [9.17, 15) is 14.4 Å². The van der Waals surface area contributed by atoms with Crippen molar-refractivity contribution in [1.82, 2.24) is 0 Å². The Labute approximate surface area is 173 Å². The molecule has 0 bridgehead atoms. The van der Waals surface area contributed by atoms with Crippen LogP contribution in [-0.4, -0.2) is 37.4 Å². The highest BCUT2D eigenvalue weighted by Gasteiger charge is 2.78. The predicted octanol–water partition coefficient (Wildman–Crippen LogP) is 0.709. The largest absolute Gasteiger partial charge is 0.497 e. The number of hydrogen-bond donors (Lipinski definition) is 2. The second kappa shape index (κ2) is 5.92. The van der Waals surface area contributed by atoms with E-state index in [-0.39, 0.29) is 23.8 Å². The summed E-state index contributed by atoms with van der Waals surface area (Å²) in [5.74, 6) is -1.24. The van der Waals surface area contributed by atoms with E-state index in [1.165, 1.54) is 4.90 Å². The second-order valence-electron chi connectivity index (χ2n) is 8.55. The number of quaternary nitrogens is 1. The first-order valence-electron chi connectivity index (χ1n) is 10.4. The third kappa shape index (κ3) is 1.91. The summed E-state index contributed by atoms with van der Waals surface area (Å²) in [6.07, 6.45) is 1.79. The number of hydrogen-bond acceptors (Lipinski definition) is 4. The Kier molecular flexibility index (Phi) is 3.48. The van der Waals surface area contributed by atoms with Gasteiger partial charge in [-0.05, 0) is 18.2 Å². The van der Waals surface area contributed by atoms with Crippen LogP contribution in [0.4, 0.5) is 11.4 Å². The van der Waals surface area contributed by atoms with Gasteiger partial charge >= 0.3 is 0 Å². The molecule has 3 saturated heterocycles. The van der Waals surface area contributed by atoms with E-state index in [1.54, 1.807) is 31.4 Å². The second-order valence-corrected chi connectivity index (χ2v) is 8.55. The van der Waals surface area contributed by atoms with E-state index >= 15 is 0 Å². The summed E-state index contributed by atoms with van der Waals surface area (Å²) in [6.45, 7) is 0.791. The molecule has 7 nitrogen and oxygen atoms in total. The number of fused-ring (bicyclic) bond motifs is 7. The summed E-state index contributed by atoms with van der Waals surface area (Å²) in [4.78, 5) is 43.3. The highest BCUT2D eigenvalue weighted by molar-refractivity contribution is 6.25. The molecule has 5 atom stereocenters. The average Bonchev–Trinajstić information content (AvgIpc) is 3.46. The zero-order valence-corrected chi connectivity index (χ0v) is 16.6. The van der Waals surface area contributed by atoms with E-state index < -0.39 is 17.4 Å². The van der Waals surface area contributed by atoms with E-state index in [2.05, 4.69) is 5.32 Å². The number of nitrogens with one attached hydrogen (secondary N) is 2. The number of para-hydroxylation sites is 1. The molecule has 0 aromatic heterocycles. The first-order valence-corrected chi connectivity index (χ1v) is 10.4. The molecule has 2 N–H and O–H groups in total. The summed E-state index contributed by atoms with van der Waals surface area (Å²) in [6, 6.07) is 14.6. The Hall–Kier alpha value is -3.19. The minimum Gasteiger partial charge on any atom is -0.497 e. The first-order chi connectivity index (χ1) is 14.6. The zero-order chi connectivity index (χ0) is 20.6. The summed E-state index contributed by atoms with van der Waals surface area (Å²) < 4.78 is 5.29. The third-order valence-electron chi connectivity index (χ3n) is 7.44. The molecule has 4 heterocycles. The van der Waals surface area contributed by atoms with Crippen LogP contribution in [0.5, 0.6) is 5.75 Å². The molecule has 0 saturated carbocycles. The molecule has 1 spiro atoms. The summed E-state index contributed by atoms with van der Waals surface area (Å²) in [5, 5.41) is 3.00. The van der Waals surface area contributed by atoms with Gasteiger partial charge in [-0.1, -0.05) is 24.3 Å². The van der Waals surface area contributed by atoms with Crippen LogP contribution in [0, 0.1) is 11.8 Å². The minimum atomic E-state index is -1.04. The standard InChI is InChI=1S/C23H21N3O4/c1-30-14-7-4-6-13(12-14)26-20(27)18-17-10-5-11-25(17)23(19(18)21(26)28)15-8-2-3-9-16(15)24-22(23)29/h2-4,6-9,12,17-19H,5,10-11H2,1H3,(H,24,29)/p+1/t17-,18-,19-,23+/m0/s1. The quantitative estimate of drug-likeness (QED) is 0.723. The molecule has 2 aromatic rings. The molecule has 1 unspecified atom stereocenters. The highest BCUT2D eigenvalue weighted by atomic mass is 16.5. The van der Waals surface area contributed by atoms with Crippen LogP contribution in [-0.2, 0) is 19.9 Å². The molecule has 7 heteroatoms. The first kappa shape index (κ1) is 17.7. The molecule has 4 aliphatic rings. The average molecular weight is 404 g/mol. The zero-order valence-electron chi connectivity index (χ0n) is 16.6.